The van der Waals surface area contributed by atoms with Crippen molar-refractivity contribution in [3.8, 4) is 11.5 Å². The highest BCUT2D eigenvalue weighted by Gasteiger charge is 2.29. The van der Waals surface area contributed by atoms with E-state index in [-0.39, 0.29) is 22.6 Å². The molecule has 1 aliphatic rings. The molecule has 9 nitrogen and oxygen atoms in total. The van der Waals surface area contributed by atoms with Crippen LogP contribution in [0.15, 0.2) is 53.9 Å². The van der Waals surface area contributed by atoms with Crippen LogP contribution in [-0.2, 0) is 21.2 Å². The molecule has 3 N–H and O–H groups in total. The number of primary sulfonamides is 1. The molecule has 3 rings (SSSR count). The number of nitrogens with one attached hydrogen (secondary N) is 1. The molecule has 0 aromatic heterocycles. The molecule has 0 bridgehead atoms. The maximum atomic E-state index is 13.1. The number of rotatable bonds is 8. The van der Waals surface area contributed by atoms with E-state index in [4.69, 9.17) is 14.6 Å². The number of methoxy groups -OCH3 is 2. The maximum absolute atomic E-state index is 13.1. The fraction of sp³-hybridized carbons (Fsp3) is 0.333. The summed E-state index contributed by atoms with van der Waals surface area (Å²) in [6.07, 6.45) is 3.29. The molecule has 1 saturated heterocycles. The van der Waals surface area contributed by atoms with Crippen molar-refractivity contribution in [1.29, 1.82) is 0 Å². The molecular weight excluding hydrogens is 458 g/mol. The number of carbonyl (C=O) groups excluding carboxylic acids is 2. The van der Waals surface area contributed by atoms with E-state index in [1.807, 2.05) is 0 Å². The zero-order chi connectivity index (χ0) is 24.9. The Balaban J connectivity index is 1.64. The largest absolute Gasteiger partial charge is 0.493 e. The summed E-state index contributed by atoms with van der Waals surface area (Å²) in [5.74, 6) is 0.488. The Kier molecular flexibility index (Phi) is 7.95. The monoisotopic (exact) mass is 487 g/mol. The number of hydrogen-bond donors (Lipinski definition) is 2. The lowest BCUT2D eigenvalue weighted by Crippen LogP contribution is -2.41. The number of hydrogen-bond acceptors (Lipinski definition) is 6. The van der Waals surface area contributed by atoms with Crippen LogP contribution >= 0.6 is 0 Å². The van der Waals surface area contributed by atoms with Gasteiger partial charge in [0, 0.05) is 35.8 Å². The van der Waals surface area contributed by atoms with Gasteiger partial charge in [-0.2, -0.15) is 0 Å². The highest BCUT2D eigenvalue weighted by molar-refractivity contribution is 7.89. The predicted octanol–water partition coefficient (Wildman–Crippen LogP) is 2.57. The highest BCUT2D eigenvalue weighted by atomic mass is 32.2. The molecule has 0 aliphatic carbocycles. The number of likely N-dealkylation sites (tertiary alicyclic amines) is 1. The lowest BCUT2D eigenvalue weighted by molar-refractivity contribution is -0.121. The van der Waals surface area contributed by atoms with Crippen molar-refractivity contribution in [1.82, 2.24) is 4.90 Å². The Morgan fingerprint density at radius 1 is 1.15 bits per heavy atom. The van der Waals surface area contributed by atoms with E-state index in [0.29, 0.717) is 55.1 Å². The Labute approximate surface area is 199 Å². The molecule has 1 aliphatic heterocycles. The molecule has 2 aromatic carbocycles. The predicted molar refractivity (Wildman–Crippen MR) is 129 cm³/mol. The normalized spacial score (nSPS) is 14.4. The SMILES string of the molecule is C=CCc1cc(C(=O)N2CCC(C(=O)Nc3ccc(S(N)(=O)=O)cc3)CC2)cc(OC)c1OC. The molecule has 1 heterocycles. The van der Waals surface area contributed by atoms with Crippen molar-refractivity contribution in [2.45, 2.75) is 24.2 Å². The zero-order valence-electron chi connectivity index (χ0n) is 19.2. The lowest BCUT2D eigenvalue weighted by Gasteiger charge is -2.31. The van der Waals surface area contributed by atoms with Crippen molar-refractivity contribution < 1.29 is 27.5 Å². The Morgan fingerprint density at radius 3 is 2.32 bits per heavy atom. The first-order valence-corrected chi connectivity index (χ1v) is 12.3. The minimum atomic E-state index is -3.79. The fourth-order valence-corrected chi connectivity index (χ4v) is 4.49. The average Bonchev–Trinajstić information content (AvgIpc) is 2.83. The number of nitrogens with two attached hydrogens (primary N) is 1. The van der Waals surface area contributed by atoms with Crippen molar-refractivity contribution in [2.24, 2.45) is 11.1 Å². The third-order valence-electron chi connectivity index (χ3n) is 5.77. The van der Waals surface area contributed by atoms with Gasteiger partial charge in [0.25, 0.3) is 5.91 Å². The van der Waals surface area contributed by atoms with Gasteiger partial charge >= 0.3 is 0 Å². The summed E-state index contributed by atoms with van der Waals surface area (Å²) in [5, 5.41) is 7.89. The second kappa shape index (κ2) is 10.7. The Bertz CT molecular complexity index is 1170. The molecule has 2 amide bonds. The van der Waals surface area contributed by atoms with Crippen molar-refractivity contribution in [3.05, 3.63) is 60.2 Å². The number of nitrogens with zero attached hydrogens (tertiary/aromatic N) is 1. The molecule has 0 unspecified atom stereocenters. The van der Waals surface area contributed by atoms with Gasteiger partial charge in [-0.3, -0.25) is 9.59 Å². The van der Waals surface area contributed by atoms with E-state index in [1.54, 1.807) is 30.2 Å². The standard InChI is InChI=1S/C24H29N3O6S/c1-4-5-17-14-18(15-21(32-2)22(17)33-3)24(29)27-12-10-16(11-13-27)23(28)26-19-6-8-20(9-7-19)34(25,30)31/h4,6-9,14-16H,1,5,10-13H2,2-3H3,(H,26,28)(H2,25,30,31). The van der Waals surface area contributed by atoms with Gasteiger partial charge in [-0.25, -0.2) is 13.6 Å². The number of ether oxygens (including phenoxy) is 2. The maximum Gasteiger partial charge on any atom is 0.254 e. The van der Waals surface area contributed by atoms with Crippen molar-refractivity contribution in [3.63, 3.8) is 0 Å². The van der Waals surface area contributed by atoms with E-state index in [0.717, 1.165) is 5.56 Å². The molecule has 34 heavy (non-hydrogen) atoms. The van der Waals surface area contributed by atoms with E-state index < -0.39 is 10.0 Å². The first kappa shape index (κ1) is 25.3. The van der Waals surface area contributed by atoms with Crippen LogP contribution in [0.4, 0.5) is 5.69 Å². The van der Waals surface area contributed by atoms with Gasteiger partial charge in [0.1, 0.15) is 0 Å². The summed E-state index contributed by atoms with van der Waals surface area (Å²) < 4.78 is 33.6. The van der Waals surface area contributed by atoms with Gasteiger partial charge in [-0.05, 0) is 55.7 Å². The Hall–Kier alpha value is -3.37. The van der Waals surface area contributed by atoms with Crippen LogP contribution in [0.1, 0.15) is 28.8 Å². The first-order valence-electron chi connectivity index (χ1n) is 10.8. The molecule has 0 atom stereocenters. The van der Waals surface area contributed by atoms with Gasteiger partial charge in [0.05, 0.1) is 19.1 Å². The second-order valence-corrected chi connectivity index (χ2v) is 9.55. The molecule has 0 spiro atoms. The first-order chi connectivity index (χ1) is 16.2. The molecule has 182 valence electrons. The molecule has 10 heteroatoms. The van der Waals surface area contributed by atoms with Crippen LogP contribution in [0.3, 0.4) is 0 Å². The van der Waals surface area contributed by atoms with E-state index in [2.05, 4.69) is 11.9 Å². The minimum Gasteiger partial charge on any atom is -0.493 e. The summed E-state index contributed by atoms with van der Waals surface area (Å²) in [7, 11) is -0.714. The number of benzene rings is 2. The third kappa shape index (κ3) is 5.75. The topological polar surface area (TPSA) is 128 Å². The smallest absolute Gasteiger partial charge is 0.254 e. The number of carbonyl (C=O) groups is 2. The molecule has 1 fully saturated rings. The van der Waals surface area contributed by atoms with Gasteiger partial charge in [0.2, 0.25) is 15.9 Å². The summed E-state index contributed by atoms with van der Waals surface area (Å²) in [5.41, 5.74) is 1.78. The summed E-state index contributed by atoms with van der Waals surface area (Å²) in [6.45, 7) is 4.63. The number of anilines is 1. The number of allylic oxidation sites excluding steroid dienone is 1. The summed E-state index contributed by atoms with van der Waals surface area (Å²) >= 11 is 0. The van der Waals surface area contributed by atoms with Crippen LogP contribution in [0, 0.1) is 5.92 Å². The zero-order valence-corrected chi connectivity index (χ0v) is 20.1. The number of sulfonamides is 1. The van der Waals surface area contributed by atoms with Gasteiger partial charge in [-0.15, -0.1) is 6.58 Å². The van der Waals surface area contributed by atoms with Gasteiger partial charge in [-0.1, -0.05) is 6.08 Å². The highest BCUT2D eigenvalue weighted by Crippen LogP contribution is 2.34. The second-order valence-electron chi connectivity index (χ2n) is 7.99. The van der Waals surface area contributed by atoms with Gasteiger partial charge < -0.3 is 19.7 Å². The lowest BCUT2D eigenvalue weighted by atomic mass is 9.95. The van der Waals surface area contributed by atoms with Crippen LogP contribution < -0.4 is 19.9 Å². The van der Waals surface area contributed by atoms with Crippen LogP contribution in [0.5, 0.6) is 11.5 Å². The van der Waals surface area contributed by atoms with E-state index in [1.165, 1.54) is 31.4 Å². The third-order valence-corrected chi connectivity index (χ3v) is 6.70. The van der Waals surface area contributed by atoms with E-state index >= 15 is 0 Å². The van der Waals surface area contributed by atoms with Crippen molar-refractivity contribution in [2.75, 3.05) is 32.6 Å². The van der Waals surface area contributed by atoms with Crippen LogP contribution in [0.25, 0.3) is 0 Å². The van der Waals surface area contributed by atoms with E-state index in [9.17, 15) is 18.0 Å². The minimum absolute atomic E-state index is 0.0243. The number of piperidine rings is 1. The number of amides is 2. The van der Waals surface area contributed by atoms with Crippen LogP contribution in [0.2, 0.25) is 0 Å². The molecular formula is C24H29N3O6S. The summed E-state index contributed by atoms with van der Waals surface area (Å²) in [4.78, 5) is 27.5. The summed E-state index contributed by atoms with van der Waals surface area (Å²) in [6, 6.07) is 9.13. The molecule has 2 aromatic rings. The van der Waals surface area contributed by atoms with Crippen LogP contribution in [-0.4, -0.2) is 52.4 Å². The fourth-order valence-electron chi connectivity index (χ4n) is 3.97. The van der Waals surface area contributed by atoms with Gasteiger partial charge in [0.15, 0.2) is 11.5 Å². The quantitative estimate of drug-likeness (QED) is 0.551. The van der Waals surface area contributed by atoms with Crippen molar-refractivity contribution >= 4 is 27.5 Å². The Morgan fingerprint density at radius 2 is 1.79 bits per heavy atom. The average molecular weight is 488 g/mol. The molecule has 0 saturated carbocycles. The molecule has 0 radical (unpaired) electrons.